The number of anilines is 1. The van der Waals surface area contributed by atoms with E-state index < -0.39 is 17.9 Å². The molecule has 4 N–H and O–H groups in total. The standard InChI is InChI=1S/C25H26ClN3O3S/c1-14(2)12-20(23(27)30)29-24(31)16-9-8-15(3)19(13-16)28-25(32)22-11-10-21(33-22)17-6-4-5-7-18(17)26/h4-11,13-14,20H,12H2,1-3H3,(H2,27,30)(H,28,32)(H,29,31)/t20-/m0/s1. The summed E-state index contributed by atoms with van der Waals surface area (Å²) in [7, 11) is 0. The fourth-order valence-electron chi connectivity index (χ4n) is 3.31. The van der Waals surface area contributed by atoms with Gasteiger partial charge in [-0.3, -0.25) is 14.4 Å². The lowest BCUT2D eigenvalue weighted by atomic mass is 10.0. The van der Waals surface area contributed by atoms with E-state index in [2.05, 4.69) is 10.6 Å². The van der Waals surface area contributed by atoms with E-state index in [1.807, 2.05) is 45.0 Å². The van der Waals surface area contributed by atoms with Crippen LogP contribution in [0, 0.1) is 12.8 Å². The van der Waals surface area contributed by atoms with Crippen molar-refractivity contribution >= 4 is 46.3 Å². The average Bonchev–Trinajstić information content (AvgIpc) is 3.25. The summed E-state index contributed by atoms with van der Waals surface area (Å²) in [5.41, 5.74) is 7.94. The highest BCUT2D eigenvalue weighted by Gasteiger charge is 2.21. The smallest absolute Gasteiger partial charge is 0.265 e. The molecule has 0 spiro atoms. The van der Waals surface area contributed by atoms with Crippen LogP contribution in [0.25, 0.3) is 10.4 Å². The average molecular weight is 484 g/mol. The second-order valence-electron chi connectivity index (χ2n) is 8.19. The molecule has 2 aromatic carbocycles. The lowest BCUT2D eigenvalue weighted by Gasteiger charge is -2.18. The van der Waals surface area contributed by atoms with Crippen LogP contribution < -0.4 is 16.4 Å². The van der Waals surface area contributed by atoms with Crippen LogP contribution in [0.4, 0.5) is 5.69 Å². The quantitative estimate of drug-likeness (QED) is 0.407. The van der Waals surface area contributed by atoms with Crippen molar-refractivity contribution in [2.75, 3.05) is 5.32 Å². The van der Waals surface area contributed by atoms with Crippen LogP contribution in [0.2, 0.25) is 5.02 Å². The third-order valence-corrected chi connectivity index (χ3v) is 6.52. The van der Waals surface area contributed by atoms with E-state index in [0.29, 0.717) is 27.6 Å². The third-order valence-electron chi connectivity index (χ3n) is 5.07. The fourth-order valence-corrected chi connectivity index (χ4v) is 4.54. The van der Waals surface area contributed by atoms with Gasteiger partial charge in [0, 0.05) is 26.7 Å². The zero-order valence-corrected chi connectivity index (χ0v) is 20.2. The largest absolute Gasteiger partial charge is 0.368 e. The molecule has 3 aromatic rings. The van der Waals surface area contributed by atoms with Gasteiger partial charge >= 0.3 is 0 Å². The predicted molar refractivity (Wildman–Crippen MR) is 134 cm³/mol. The fraction of sp³-hybridized carbons (Fsp3) is 0.240. The molecule has 0 bridgehead atoms. The minimum atomic E-state index is -0.758. The topological polar surface area (TPSA) is 101 Å². The first-order valence-corrected chi connectivity index (χ1v) is 11.7. The van der Waals surface area contributed by atoms with Gasteiger partial charge in [0.15, 0.2) is 0 Å². The lowest BCUT2D eigenvalue weighted by molar-refractivity contribution is -0.120. The summed E-state index contributed by atoms with van der Waals surface area (Å²) in [6, 6.07) is 15.3. The Morgan fingerprint density at radius 2 is 1.76 bits per heavy atom. The molecule has 172 valence electrons. The number of benzene rings is 2. The molecule has 0 saturated heterocycles. The molecule has 3 amide bonds. The summed E-state index contributed by atoms with van der Waals surface area (Å²) in [5, 5.41) is 6.18. The van der Waals surface area contributed by atoms with Gasteiger partial charge in [-0.2, -0.15) is 0 Å². The van der Waals surface area contributed by atoms with E-state index in [-0.39, 0.29) is 11.8 Å². The minimum absolute atomic E-state index is 0.192. The molecule has 33 heavy (non-hydrogen) atoms. The molecule has 0 aliphatic heterocycles. The molecule has 0 radical (unpaired) electrons. The Hall–Kier alpha value is -3.16. The highest BCUT2D eigenvalue weighted by atomic mass is 35.5. The van der Waals surface area contributed by atoms with Crippen molar-refractivity contribution in [1.82, 2.24) is 5.32 Å². The van der Waals surface area contributed by atoms with Crippen LogP contribution in [-0.4, -0.2) is 23.8 Å². The molecule has 6 nitrogen and oxygen atoms in total. The summed E-state index contributed by atoms with van der Waals surface area (Å²) in [5.74, 6) is -1.09. The summed E-state index contributed by atoms with van der Waals surface area (Å²) in [6.45, 7) is 5.73. The van der Waals surface area contributed by atoms with E-state index in [9.17, 15) is 14.4 Å². The van der Waals surface area contributed by atoms with Gasteiger partial charge in [-0.1, -0.05) is 49.7 Å². The Balaban J connectivity index is 1.76. The Kier molecular flexibility index (Phi) is 7.89. The highest BCUT2D eigenvalue weighted by Crippen LogP contribution is 2.33. The Bertz CT molecular complexity index is 1190. The maximum absolute atomic E-state index is 12.9. The van der Waals surface area contributed by atoms with Crippen LogP contribution in [0.15, 0.2) is 54.6 Å². The number of nitrogens with two attached hydrogens (primary N) is 1. The monoisotopic (exact) mass is 483 g/mol. The normalized spacial score (nSPS) is 11.8. The Morgan fingerprint density at radius 1 is 1.03 bits per heavy atom. The summed E-state index contributed by atoms with van der Waals surface area (Å²) < 4.78 is 0. The molecule has 8 heteroatoms. The van der Waals surface area contributed by atoms with E-state index in [1.165, 1.54) is 11.3 Å². The Morgan fingerprint density at radius 3 is 2.42 bits per heavy atom. The van der Waals surface area contributed by atoms with E-state index >= 15 is 0 Å². The van der Waals surface area contributed by atoms with Gasteiger partial charge in [-0.15, -0.1) is 11.3 Å². The zero-order valence-electron chi connectivity index (χ0n) is 18.6. The number of carbonyl (C=O) groups is 3. The highest BCUT2D eigenvalue weighted by molar-refractivity contribution is 7.17. The number of hydrogen-bond donors (Lipinski definition) is 3. The van der Waals surface area contributed by atoms with Crippen molar-refractivity contribution in [3.8, 4) is 10.4 Å². The number of thiophene rings is 1. The first-order valence-electron chi connectivity index (χ1n) is 10.5. The molecular formula is C25H26ClN3O3S. The number of aryl methyl sites for hydroxylation is 1. The second-order valence-corrected chi connectivity index (χ2v) is 9.68. The summed E-state index contributed by atoms with van der Waals surface area (Å²) in [6.07, 6.45) is 0.447. The zero-order chi connectivity index (χ0) is 24.1. The van der Waals surface area contributed by atoms with Gasteiger partial charge in [-0.25, -0.2) is 0 Å². The summed E-state index contributed by atoms with van der Waals surface area (Å²) >= 11 is 7.60. The van der Waals surface area contributed by atoms with Crippen LogP contribution in [0.5, 0.6) is 0 Å². The number of amides is 3. The molecule has 0 aliphatic rings. The van der Waals surface area contributed by atoms with Crippen LogP contribution >= 0.6 is 22.9 Å². The molecule has 1 atom stereocenters. The maximum Gasteiger partial charge on any atom is 0.265 e. The molecule has 0 saturated carbocycles. The molecule has 0 fully saturated rings. The van der Waals surface area contributed by atoms with E-state index in [4.69, 9.17) is 17.3 Å². The molecule has 1 heterocycles. The molecule has 3 rings (SSSR count). The summed E-state index contributed by atoms with van der Waals surface area (Å²) in [4.78, 5) is 38.7. The number of primary amides is 1. The van der Waals surface area contributed by atoms with Crippen molar-refractivity contribution in [3.63, 3.8) is 0 Å². The van der Waals surface area contributed by atoms with Crippen LogP contribution in [-0.2, 0) is 4.79 Å². The number of carbonyl (C=O) groups excluding carboxylic acids is 3. The molecular weight excluding hydrogens is 458 g/mol. The minimum Gasteiger partial charge on any atom is -0.368 e. The van der Waals surface area contributed by atoms with Crippen molar-refractivity contribution in [2.24, 2.45) is 11.7 Å². The third kappa shape index (κ3) is 6.21. The van der Waals surface area contributed by atoms with Gasteiger partial charge in [0.2, 0.25) is 5.91 Å². The number of halogens is 1. The predicted octanol–water partition coefficient (Wildman–Crippen LogP) is 5.26. The number of hydrogen-bond acceptors (Lipinski definition) is 4. The van der Waals surface area contributed by atoms with Gasteiger partial charge in [-0.05, 0) is 55.2 Å². The van der Waals surface area contributed by atoms with Crippen LogP contribution in [0.3, 0.4) is 0 Å². The SMILES string of the molecule is Cc1ccc(C(=O)N[C@@H](CC(C)C)C(N)=O)cc1NC(=O)c1ccc(-c2ccccc2Cl)s1. The van der Waals surface area contributed by atoms with Gasteiger partial charge < -0.3 is 16.4 Å². The van der Waals surface area contributed by atoms with Crippen molar-refractivity contribution < 1.29 is 14.4 Å². The molecule has 1 aromatic heterocycles. The van der Waals surface area contributed by atoms with Gasteiger partial charge in [0.25, 0.3) is 11.8 Å². The van der Waals surface area contributed by atoms with Crippen molar-refractivity contribution in [3.05, 3.63) is 75.6 Å². The number of nitrogens with one attached hydrogen (secondary N) is 2. The first-order chi connectivity index (χ1) is 15.7. The molecule has 0 aliphatic carbocycles. The van der Waals surface area contributed by atoms with Crippen molar-refractivity contribution in [1.29, 1.82) is 0 Å². The maximum atomic E-state index is 12.9. The van der Waals surface area contributed by atoms with Gasteiger partial charge in [0.05, 0.1) is 4.88 Å². The van der Waals surface area contributed by atoms with E-state index in [0.717, 1.165) is 16.0 Å². The van der Waals surface area contributed by atoms with Crippen LogP contribution in [0.1, 0.15) is 45.9 Å². The van der Waals surface area contributed by atoms with Crippen molar-refractivity contribution in [2.45, 2.75) is 33.2 Å². The lowest BCUT2D eigenvalue weighted by Crippen LogP contribution is -2.45. The molecule has 0 unspecified atom stereocenters. The number of rotatable bonds is 8. The van der Waals surface area contributed by atoms with E-state index in [1.54, 1.807) is 30.3 Å². The Labute approximate surface area is 202 Å². The second kappa shape index (κ2) is 10.6. The van der Waals surface area contributed by atoms with Gasteiger partial charge in [0.1, 0.15) is 6.04 Å². The first kappa shape index (κ1) is 24.5.